The van der Waals surface area contributed by atoms with Crippen LogP contribution < -0.4 is 4.90 Å². The third kappa shape index (κ3) is 3.13. The molecular weight excluding hydrogens is 367 g/mol. The van der Waals surface area contributed by atoms with Crippen molar-refractivity contribution in [3.05, 3.63) is 28.2 Å². The van der Waals surface area contributed by atoms with Crippen molar-refractivity contribution < 1.29 is 13.2 Å². The first kappa shape index (κ1) is 16.1. The molecule has 2 saturated heterocycles. The van der Waals surface area contributed by atoms with Crippen molar-refractivity contribution in [2.45, 2.75) is 18.2 Å². The van der Waals surface area contributed by atoms with E-state index in [-0.39, 0.29) is 28.7 Å². The van der Waals surface area contributed by atoms with Crippen LogP contribution in [0.25, 0.3) is 0 Å². The molecule has 2 aliphatic rings. The second kappa shape index (κ2) is 5.70. The summed E-state index contributed by atoms with van der Waals surface area (Å²) < 4.78 is 23.8. The zero-order chi connectivity index (χ0) is 16.1. The van der Waals surface area contributed by atoms with Gasteiger partial charge >= 0.3 is 0 Å². The molecule has 2 fully saturated rings. The van der Waals surface area contributed by atoms with E-state index in [1.165, 1.54) is 18.7 Å². The number of halogens is 2. The van der Waals surface area contributed by atoms with E-state index in [0.29, 0.717) is 20.9 Å². The van der Waals surface area contributed by atoms with Crippen LogP contribution in [0.5, 0.6) is 0 Å². The zero-order valence-corrected chi connectivity index (χ0v) is 14.6. The van der Waals surface area contributed by atoms with Crippen LogP contribution in [0, 0.1) is 0 Å². The van der Waals surface area contributed by atoms with Gasteiger partial charge in [0.25, 0.3) is 0 Å². The fraction of sp³-hybridized carbons (Fsp3) is 0.385. The summed E-state index contributed by atoms with van der Waals surface area (Å²) in [4.78, 5) is 17.1. The summed E-state index contributed by atoms with van der Waals surface area (Å²) in [5.74, 6) is -0.209. The SMILES string of the molecule is CC(=O)N=C1S[C@H]2CS(=O)(=O)C[C@H]2N1c1cc(Cl)cc(Cl)c1. The Morgan fingerprint density at radius 3 is 2.50 bits per heavy atom. The molecule has 1 amide bonds. The van der Waals surface area contributed by atoms with Crippen molar-refractivity contribution in [3.63, 3.8) is 0 Å². The number of carbonyl (C=O) groups is 1. The molecular formula is C13H12Cl2N2O3S2. The molecule has 0 spiro atoms. The molecule has 118 valence electrons. The predicted octanol–water partition coefficient (Wildman–Crippen LogP) is 2.61. The summed E-state index contributed by atoms with van der Waals surface area (Å²) >= 11 is 13.4. The largest absolute Gasteiger partial charge is 0.315 e. The lowest BCUT2D eigenvalue weighted by molar-refractivity contribution is -0.115. The second-order valence-corrected chi connectivity index (χ2v) is 9.44. The third-order valence-corrected chi connectivity index (χ3v) is 7.09. The highest BCUT2D eigenvalue weighted by molar-refractivity contribution is 8.16. The number of rotatable bonds is 1. The van der Waals surface area contributed by atoms with Gasteiger partial charge in [-0.25, -0.2) is 8.42 Å². The molecule has 0 bridgehead atoms. The number of thioether (sulfide) groups is 1. The minimum absolute atomic E-state index is 0.0335. The van der Waals surface area contributed by atoms with E-state index < -0.39 is 9.84 Å². The average Bonchev–Trinajstić information content (AvgIpc) is 2.77. The predicted molar refractivity (Wildman–Crippen MR) is 90.9 cm³/mol. The Kier molecular flexibility index (Phi) is 4.18. The van der Waals surface area contributed by atoms with Crippen LogP contribution in [0.1, 0.15) is 6.92 Å². The summed E-state index contributed by atoms with van der Waals surface area (Å²) in [5, 5.41) is 1.24. The van der Waals surface area contributed by atoms with Crippen molar-refractivity contribution in [2.75, 3.05) is 16.4 Å². The number of benzene rings is 1. The van der Waals surface area contributed by atoms with Crippen LogP contribution in [-0.4, -0.2) is 42.3 Å². The maximum atomic E-state index is 11.9. The number of anilines is 1. The monoisotopic (exact) mass is 378 g/mol. The lowest BCUT2D eigenvalue weighted by atomic mass is 10.2. The van der Waals surface area contributed by atoms with Crippen molar-refractivity contribution in [2.24, 2.45) is 4.99 Å². The van der Waals surface area contributed by atoms with Crippen LogP contribution in [0.3, 0.4) is 0 Å². The normalized spacial score (nSPS) is 28.1. The van der Waals surface area contributed by atoms with Crippen LogP contribution in [-0.2, 0) is 14.6 Å². The van der Waals surface area contributed by atoms with Crippen LogP contribution >= 0.6 is 35.0 Å². The van der Waals surface area contributed by atoms with Gasteiger partial charge in [-0.1, -0.05) is 35.0 Å². The lowest BCUT2D eigenvalue weighted by Crippen LogP contribution is -2.37. The van der Waals surface area contributed by atoms with E-state index in [2.05, 4.69) is 4.99 Å². The summed E-state index contributed by atoms with van der Waals surface area (Å²) in [6.07, 6.45) is 0. The number of hydrogen-bond donors (Lipinski definition) is 0. The molecule has 9 heteroatoms. The standard InChI is InChI=1S/C13H12Cl2N2O3S2/c1-7(18)16-13-17(10-3-8(14)2-9(15)4-10)11-5-22(19,20)6-12(11)21-13/h2-4,11-12H,5-6H2,1H3/t11-,12+/m1/s1. The Labute approximate surface area is 142 Å². The van der Waals surface area contributed by atoms with E-state index >= 15 is 0 Å². The molecule has 2 atom stereocenters. The molecule has 22 heavy (non-hydrogen) atoms. The minimum Gasteiger partial charge on any atom is -0.315 e. The Morgan fingerprint density at radius 1 is 1.27 bits per heavy atom. The number of amides is 1. The molecule has 1 aromatic rings. The molecule has 2 heterocycles. The first-order valence-corrected chi connectivity index (χ1v) is 9.92. The van der Waals surface area contributed by atoms with Gasteiger partial charge in [0.15, 0.2) is 15.0 Å². The molecule has 0 N–H and O–H groups in total. The third-order valence-electron chi connectivity index (χ3n) is 3.45. The summed E-state index contributed by atoms with van der Waals surface area (Å²) in [6.45, 7) is 1.36. The number of fused-ring (bicyclic) bond motifs is 1. The Hall–Kier alpha value is -0.760. The van der Waals surface area contributed by atoms with Gasteiger partial charge in [-0.3, -0.25) is 4.79 Å². The van der Waals surface area contributed by atoms with Crippen LogP contribution in [0.15, 0.2) is 23.2 Å². The summed E-state index contributed by atoms with van der Waals surface area (Å²) in [7, 11) is -3.09. The van der Waals surface area contributed by atoms with Crippen molar-refractivity contribution in [3.8, 4) is 0 Å². The van der Waals surface area contributed by atoms with E-state index in [4.69, 9.17) is 23.2 Å². The smallest absolute Gasteiger partial charge is 0.244 e. The number of hydrogen-bond acceptors (Lipinski definition) is 4. The van der Waals surface area contributed by atoms with Crippen molar-refractivity contribution >= 4 is 61.6 Å². The van der Waals surface area contributed by atoms with Crippen molar-refractivity contribution in [1.82, 2.24) is 0 Å². The molecule has 0 unspecified atom stereocenters. The maximum absolute atomic E-state index is 11.9. The van der Waals surface area contributed by atoms with Gasteiger partial charge < -0.3 is 4.90 Å². The fourth-order valence-corrected chi connectivity index (χ4v) is 7.15. The van der Waals surface area contributed by atoms with Gasteiger partial charge in [-0.15, -0.1) is 0 Å². The van der Waals surface area contributed by atoms with Gasteiger partial charge in [0.05, 0.1) is 17.5 Å². The van der Waals surface area contributed by atoms with Gasteiger partial charge in [0, 0.05) is 27.9 Å². The number of sulfone groups is 1. The lowest BCUT2D eigenvalue weighted by Gasteiger charge is -2.24. The number of carbonyl (C=O) groups excluding carboxylic acids is 1. The Bertz CT molecular complexity index is 759. The first-order chi connectivity index (χ1) is 10.2. The van der Waals surface area contributed by atoms with E-state index in [1.807, 2.05) is 0 Å². The molecule has 1 aromatic carbocycles. The zero-order valence-electron chi connectivity index (χ0n) is 11.5. The highest BCUT2D eigenvalue weighted by Gasteiger charge is 2.49. The summed E-state index contributed by atoms with van der Waals surface area (Å²) in [5.41, 5.74) is 0.648. The van der Waals surface area contributed by atoms with Gasteiger partial charge in [0.1, 0.15) is 0 Å². The molecule has 0 radical (unpaired) electrons. The molecule has 3 rings (SSSR count). The quantitative estimate of drug-likeness (QED) is 0.751. The Balaban J connectivity index is 2.08. The molecule has 5 nitrogen and oxygen atoms in total. The number of amidine groups is 1. The molecule has 0 saturated carbocycles. The molecule has 0 aromatic heterocycles. The van der Waals surface area contributed by atoms with Gasteiger partial charge in [-0.05, 0) is 18.2 Å². The van der Waals surface area contributed by atoms with Crippen LogP contribution in [0.2, 0.25) is 10.0 Å². The second-order valence-electron chi connectivity index (χ2n) is 5.21. The molecule has 2 aliphatic heterocycles. The fourth-order valence-electron chi connectivity index (χ4n) is 2.68. The minimum atomic E-state index is -3.09. The van der Waals surface area contributed by atoms with E-state index in [0.717, 1.165) is 0 Å². The van der Waals surface area contributed by atoms with Crippen molar-refractivity contribution in [1.29, 1.82) is 0 Å². The number of aliphatic imine (C=N–C) groups is 1. The number of nitrogens with zero attached hydrogens (tertiary/aromatic N) is 2. The van der Waals surface area contributed by atoms with E-state index in [9.17, 15) is 13.2 Å². The highest BCUT2D eigenvalue weighted by atomic mass is 35.5. The Morgan fingerprint density at radius 2 is 1.91 bits per heavy atom. The van der Waals surface area contributed by atoms with Crippen LogP contribution in [0.4, 0.5) is 5.69 Å². The average molecular weight is 379 g/mol. The molecule has 0 aliphatic carbocycles. The summed E-state index contributed by atoms with van der Waals surface area (Å²) in [6, 6.07) is 4.72. The first-order valence-electron chi connectivity index (χ1n) is 6.47. The highest BCUT2D eigenvalue weighted by Crippen LogP contribution is 2.42. The van der Waals surface area contributed by atoms with Gasteiger partial charge in [0.2, 0.25) is 5.91 Å². The van der Waals surface area contributed by atoms with E-state index in [1.54, 1.807) is 23.1 Å². The van der Waals surface area contributed by atoms with Gasteiger partial charge in [-0.2, -0.15) is 4.99 Å². The topological polar surface area (TPSA) is 66.8 Å². The maximum Gasteiger partial charge on any atom is 0.244 e.